The van der Waals surface area contributed by atoms with Crippen molar-refractivity contribution in [3.05, 3.63) is 93.5 Å². The van der Waals surface area contributed by atoms with Gasteiger partial charge in [0, 0.05) is 35.5 Å². The number of sulfonamides is 1. The predicted molar refractivity (Wildman–Crippen MR) is 115 cm³/mol. The molecule has 0 saturated carbocycles. The van der Waals surface area contributed by atoms with E-state index in [1.807, 2.05) is 0 Å². The molecule has 154 valence electrons. The zero-order valence-corrected chi connectivity index (χ0v) is 17.2. The molecular weight excluding hydrogens is 430 g/mol. The van der Waals surface area contributed by atoms with Crippen molar-refractivity contribution in [3.8, 4) is 0 Å². The fourth-order valence-corrected chi connectivity index (χ4v) is 4.09. The second-order valence-corrected chi connectivity index (χ2v) is 8.65. The molecule has 3 rings (SSSR count). The van der Waals surface area contributed by atoms with Crippen LogP contribution in [-0.4, -0.2) is 26.3 Å². The quantitative estimate of drug-likeness (QED) is 0.448. The standard InChI is InChI=1S/C20H16ClN3O5S/c1-23(17-8-3-6-15(21)12-17)30(28,29)19-10-2-5-14(11-19)20(25)22-16-7-4-9-18(13-16)24(26)27/h2-13H,1H3,(H,22,25). The van der Waals surface area contributed by atoms with Gasteiger partial charge < -0.3 is 5.32 Å². The van der Waals surface area contributed by atoms with Crippen molar-refractivity contribution in [2.75, 3.05) is 16.7 Å². The summed E-state index contributed by atoms with van der Waals surface area (Å²) in [6.07, 6.45) is 0. The lowest BCUT2D eigenvalue weighted by atomic mass is 10.2. The summed E-state index contributed by atoms with van der Waals surface area (Å²) in [7, 11) is -2.56. The highest BCUT2D eigenvalue weighted by Crippen LogP contribution is 2.25. The minimum atomic E-state index is -3.95. The van der Waals surface area contributed by atoms with E-state index in [0.29, 0.717) is 10.7 Å². The Morgan fingerprint density at radius 1 is 1.03 bits per heavy atom. The van der Waals surface area contributed by atoms with Crippen LogP contribution in [0.4, 0.5) is 17.1 Å². The molecule has 30 heavy (non-hydrogen) atoms. The molecule has 0 bridgehead atoms. The van der Waals surface area contributed by atoms with Crippen molar-refractivity contribution >= 4 is 44.6 Å². The molecule has 0 unspecified atom stereocenters. The third-order valence-electron chi connectivity index (χ3n) is 4.24. The van der Waals surface area contributed by atoms with Gasteiger partial charge in [-0.25, -0.2) is 8.42 Å². The van der Waals surface area contributed by atoms with Crippen LogP contribution in [0.15, 0.2) is 77.7 Å². The number of carbonyl (C=O) groups excluding carboxylic acids is 1. The number of nitro benzene ring substituents is 1. The van der Waals surface area contributed by atoms with Crippen LogP contribution in [0.2, 0.25) is 5.02 Å². The van der Waals surface area contributed by atoms with Gasteiger partial charge in [-0.3, -0.25) is 19.2 Å². The number of carbonyl (C=O) groups is 1. The maximum atomic E-state index is 13.0. The summed E-state index contributed by atoms with van der Waals surface area (Å²) in [5.41, 5.74) is 0.502. The molecule has 1 N–H and O–H groups in total. The Labute approximate surface area is 177 Å². The Morgan fingerprint density at radius 2 is 1.73 bits per heavy atom. The Bertz CT molecular complexity index is 1230. The highest BCUT2D eigenvalue weighted by Gasteiger charge is 2.23. The monoisotopic (exact) mass is 445 g/mol. The maximum absolute atomic E-state index is 13.0. The number of non-ortho nitro benzene ring substituents is 1. The molecule has 0 aliphatic heterocycles. The zero-order valence-electron chi connectivity index (χ0n) is 15.7. The average Bonchev–Trinajstić information content (AvgIpc) is 2.73. The van der Waals surface area contributed by atoms with Gasteiger partial charge in [-0.15, -0.1) is 0 Å². The van der Waals surface area contributed by atoms with Crippen LogP contribution < -0.4 is 9.62 Å². The van der Waals surface area contributed by atoms with Gasteiger partial charge in [0.2, 0.25) is 0 Å². The number of nitrogens with one attached hydrogen (secondary N) is 1. The van der Waals surface area contributed by atoms with Gasteiger partial charge in [-0.1, -0.05) is 29.8 Å². The molecule has 0 aromatic heterocycles. The van der Waals surface area contributed by atoms with Crippen molar-refractivity contribution in [2.45, 2.75) is 4.90 Å². The van der Waals surface area contributed by atoms with Crippen molar-refractivity contribution in [2.24, 2.45) is 0 Å². The van der Waals surface area contributed by atoms with Crippen molar-refractivity contribution in [3.63, 3.8) is 0 Å². The van der Waals surface area contributed by atoms with Crippen molar-refractivity contribution < 1.29 is 18.1 Å². The van der Waals surface area contributed by atoms with Crippen LogP contribution in [-0.2, 0) is 10.0 Å². The summed E-state index contributed by atoms with van der Waals surface area (Å²) in [5, 5.41) is 13.8. The number of benzene rings is 3. The smallest absolute Gasteiger partial charge is 0.271 e. The largest absolute Gasteiger partial charge is 0.322 e. The van der Waals surface area contributed by atoms with E-state index in [4.69, 9.17) is 11.6 Å². The van der Waals surface area contributed by atoms with Crippen LogP contribution in [0.1, 0.15) is 10.4 Å². The van der Waals surface area contributed by atoms with E-state index >= 15 is 0 Å². The predicted octanol–water partition coefficient (Wildman–Crippen LogP) is 4.33. The van der Waals surface area contributed by atoms with Gasteiger partial charge in [0.1, 0.15) is 0 Å². The first-order valence-electron chi connectivity index (χ1n) is 8.59. The van der Waals surface area contributed by atoms with E-state index in [1.165, 1.54) is 61.6 Å². The van der Waals surface area contributed by atoms with Crippen molar-refractivity contribution in [1.82, 2.24) is 0 Å². The van der Waals surface area contributed by atoms with Gasteiger partial charge in [-0.05, 0) is 42.5 Å². The molecule has 0 fully saturated rings. The Morgan fingerprint density at radius 3 is 2.43 bits per heavy atom. The second-order valence-electron chi connectivity index (χ2n) is 6.24. The normalized spacial score (nSPS) is 11.0. The van der Waals surface area contributed by atoms with Crippen molar-refractivity contribution in [1.29, 1.82) is 0 Å². The molecule has 0 aliphatic rings. The van der Waals surface area contributed by atoms with E-state index in [2.05, 4.69) is 5.32 Å². The van der Waals surface area contributed by atoms with Gasteiger partial charge in [0.25, 0.3) is 21.6 Å². The highest BCUT2D eigenvalue weighted by atomic mass is 35.5. The van der Waals surface area contributed by atoms with Crippen LogP contribution in [0.5, 0.6) is 0 Å². The first-order chi connectivity index (χ1) is 14.2. The number of rotatable bonds is 6. The minimum Gasteiger partial charge on any atom is -0.322 e. The zero-order chi connectivity index (χ0) is 21.9. The maximum Gasteiger partial charge on any atom is 0.271 e. The summed E-state index contributed by atoms with van der Waals surface area (Å²) in [6.45, 7) is 0. The highest BCUT2D eigenvalue weighted by molar-refractivity contribution is 7.92. The summed E-state index contributed by atoms with van der Waals surface area (Å²) >= 11 is 5.94. The summed E-state index contributed by atoms with van der Waals surface area (Å²) in [4.78, 5) is 22.8. The Hall–Kier alpha value is -3.43. The molecule has 10 heteroatoms. The molecule has 0 spiro atoms. The summed E-state index contributed by atoms with van der Waals surface area (Å²) < 4.78 is 27.0. The number of nitrogens with zero attached hydrogens (tertiary/aromatic N) is 2. The number of nitro groups is 1. The van der Waals surface area contributed by atoms with Crippen LogP contribution >= 0.6 is 11.6 Å². The fourth-order valence-electron chi connectivity index (χ4n) is 2.67. The van der Waals surface area contributed by atoms with Gasteiger partial charge in [-0.2, -0.15) is 0 Å². The van der Waals surface area contributed by atoms with E-state index in [0.717, 1.165) is 4.31 Å². The third kappa shape index (κ3) is 4.58. The summed E-state index contributed by atoms with van der Waals surface area (Å²) in [5.74, 6) is -0.599. The third-order valence-corrected chi connectivity index (χ3v) is 6.26. The molecule has 3 aromatic carbocycles. The van der Waals surface area contributed by atoms with Gasteiger partial charge >= 0.3 is 0 Å². The second kappa shape index (κ2) is 8.52. The molecule has 0 atom stereocenters. The molecule has 1 amide bonds. The topological polar surface area (TPSA) is 110 Å². The number of amides is 1. The fraction of sp³-hybridized carbons (Fsp3) is 0.0500. The lowest BCUT2D eigenvalue weighted by Crippen LogP contribution is -2.26. The van der Waals surface area contributed by atoms with Crippen LogP contribution in [0.25, 0.3) is 0 Å². The van der Waals surface area contributed by atoms with Crippen LogP contribution in [0, 0.1) is 10.1 Å². The average molecular weight is 446 g/mol. The van der Waals surface area contributed by atoms with Gasteiger partial charge in [0.05, 0.1) is 15.5 Å². The molecule has 0 heterocycles. The lowest BCUT2D eigenvalue weighted by molar-refractivity contribution is -0.384. The number of hydrogen-bond acceptors (Lipinski definition) is 5. The molecule has 0 radical (unpaired) electrons. The number of halogens is 1. The molecule has 0 saturated heterocycles. The molecule has 3 aromatic rings. The Kier molecular flexibility index (Phi) is 6.04. The van der Waals surface area contributed by atoms with Gasteiger partial charge in [0.15, 0.2) is 0 Å². The SMILES string of the molecule is CN(c1cccc(Cl)c1)S(=O)(=O)c1cccc(C(=O)Nc2cccc([N+](=O)[O-])c2)c1. The van der Waals surface area contributed by atoms with Crippen LogP contribution in [0.3, 0.4) is 0 Å². The molecule has 8 nitrogen and oxygen atoms in total. The number of hydrogen-bond donors (Lipinski definition) is 1. The lowest BCUT2D eigenvalue weighted by Gasteiger charge is -2.20. The summed E-state index contributed by atoms with van der Waals surface area (Å²) in [6, 6.07) is 17.3. The minimum absolute atomic E-state index is 0.0853. The van der Waals surface area contributed by atoms with E-state index < -0.39 is 20.9 Å². The molecular formula is C20H16ClN3O5S. The first kappa shape index (κ1) is 21.3. The first-order valence-corrected chi connectivity index (χ1v) is 10.4. The Balaban J connectivity index is 1.87. The number of anilines is 2. The molecule has 0 aliphatic carbocycles. The van der Waals surface area contributed by atoms with E-state index in [9.17, 15) is 23.3 Å². The van der Waals surface area contributed by atoms with E-state index in [-0.39, 0.29) is 21.8 Å². The van der Waals surface area contributed by atoms with E-state index in [1.54, 1.807) is 18.2 Å².